The topological polar surface area (TPSA) is 38.7 Å². The molecule has 2 aliphatic carbocycles. The summed E-state index contributed by atoms with van der Waals surface area (Å²) in [4.78, 5) is 15.0. The van der Waals surface area contributed by atoms with Crippen LogP contribution in [0.25, 0.3) is 78.4 Å². The molecule has 55 heavy (non-hydrogen) atoms. The molecule has 0 amide bonds. The van der Waals surface area contributed by atoms with Crippen LogP contribution in [0.15, 0.2) is 200 Å². The Bertz CT molecular complexity index is 2770. The lowest BCUT2D eigenvalue weighted by atomic mass is 9.70. The van der Waals surface area contributed by atoms with Gasteiger partial charge in [-0.15, -0.1) is 0 Å². The summed E-state index contributed by atoms with van der Waals surface area (Å²) in [6, 6.07) is 67.6. The predicted octanol–water partition coefficient (Wildman–Crippen LogP) is 12.6. The van der Waals surface area contributed by atoms with Gasteiger partial charge in [-0.05, 0) is 91.5 Å². The minimum atomic E-state index is -0.435. The Kier molecular flexibility index (Phi) is 7.08. The highest BCUT2D eigenvalue weighted by atomic mass is 14.9. The highest BCUT2D eigenvalue weighted by molar-refractivity contribution is 5.96. The number of fused-ring (bicyclic) bond motifs is 10. The molecule has 0 fully saturated rings. The van der Waals surface area contributed by atoms with E-state index in [0.717, 1.165) is 50.3 Å². The minimum absolute atomic E-state index is 0.435. The molecule has 1 spiro atoms. The molecule has 11 rings (SSSR count). The van der Waals surface area contributed by atoms with Gasteiger partial charge in [-0.1, -0.05) is 158 Å². The third-order valence-corrected chi connectivity index (χ3v) is 11.4. The molecule has 0 atom stereocenters. The van der Waals surface area contributed by atoms with Crippen molar-refractivity contribution < 1.29 is 0 Å². The van der Waals surface area contributed by atoms with Crippen molar-refractivity contribution in [3.05, 3.63) is 223 Å². The zero-order valence-electron chi connectivity index (χ0n) is 29.9. The van der Waals surface area contributed by atoms with E-state index >= 15 is 0 Å². The van der Waals surface area contributed by atoms with Gasteiger partial charge in [0, 0.05) is 34.6 Å². The Balaban J connectivity index is 1.14. The normalized spacial score (nSPS) is 12.9. The lowest BCUT2D eigenvalue weighted by Gasteiger charge is -2.30. The van der Waals surface area contributed by atoms with Crippen LogP contribution in [0, 0.1) is 0 Å². The zero-order chi connectivity index (χ0) is 36.3. The lowest BCUT2D eigenvalue weighted by molar-refractivity contribution is 0.794. The van der Waals surface area contributed by atoms with Crippen molar-refractivity contribution in [3.63, 3.8) is 0 Å². The van der Waals surface area contributed by atoms with Gasteiger partial charge in [0.1, 0.15) is 0 Å². The van der Waals surface area contributed by atoms with Crippen LogP contribution in [0.2, 0.25) is 0 Å². The van der Waals surface area contributed by atoms with Crippen molar-refractivity contribution in [2.45, 2.75) is 5.41 Å². The smallest absolute Gasteiger partial charge is 0.160 e. The second-order valence-electron chi connectivity index (χ2n) is 14.4. The maximum atomic E-state index is 5.37. The number of hydrogen-bond acceptors (Lipinski definition) is 3. The van der Waals surface area contributed by atoms with Crippen molar-refractivity contribution in [1.82, 2.24) is 15.0 Å². The Morgan fingerprint density at radius 2 is 0.800 bits per heavy atom. The van der Waals surface area contributed by atoms with E-state index in [1.54, 1.807) is 0 Å². The van der Waals surface area contributed by atoms with Crippen LogP contribution in [0.4, 0.5) is 0 Å². The van der Waals surface area contributed by atoms with E-state index < -0.39 is 5.41 Å². The summed E-state index contributed by atoms with van der Waals surface area (Å²) < 4.78 is 0. The minimum Gasteiger partial charge on any atom is -0.264 e. The molecular formula is C52H33N3. The average molecular weight is 700 g/mol. The summed E-state index contributed by atoms with van der Waals surface area (Å²) in [5.74, 6) is 0.687. The number of hydrogen-bond donors (Lipinski definition) is 0. The van der Waals surface area contributed by atoms with Gasteiger partial charge in [0.2, 0.25) is 0 Å². The van der Waals surface area contributed by atoms with Crippen molar-refractivity contribution in [2.75, 3.05) is 0 Å². The number of rotatable bonds is 5. The molecule has 7 aromatic carbocycles. The molecule has 0 bridgehead atoms. The molecule has 2 aromatic heterocycles. The average Bonchev–Trinajstić information content (AvgIpc) is 3.74. The Labute approximate surface area is 320 Å². The fourth-order valence-electron chi connectivity index (χ4n) is 8.99. The highest BCUT2D eigenvalue weighted by Crippen LogP contribution is 2.63. The van der Waals surface area contributed by atoms with Gasteiger partial charge < -0.3 is 0 Å². The fourth-order valence-corrected chi connectivity index (χ4v) is 8.99. The molecule has 2 heterocycles. The van der Waals surface area contributed by atoms with Crippen LogP contribution in [0.5, 0.6) is 0 Å². The van der Waals surface area contributed by atoms with Gasteiger partial charge in [0.05, 0.1) is 16.8 Å². The van der Waals surface area contributed by atoms with Crippen LogP contribution < -0.4 is 0 Å². The second kappa shape index (κ2) is 12.4. The molecule has 0 saturated heterocycles. The van der Waals surface area contributed by atoms with Crippen LogP contribution in [-0.4, -0.2) is 15.0 Å². The molecule has 256 valence electrons. The summed E-state index contributed by atoms with van der Waals surface area (Å²) in [6.45, 7) is 0. The SMILES string of the molecule is c1ccc(-c2cccc(-c3nc(-c4cccc(-c5cccnc5)c4)cc(-c4ccc5c(c4)C4(c6ccccc6-c6ccccc64)c4ccccc4-5)n3)c2)cc1. The van der Waals surface area contributed by atoms with E-state index in [-0.39, 0.29) is 0 Å². The number of nitrogens with zero attached hydrogens (tertiary/aromatic N) is 3. The van der Waals surface area contributed by atoms with Crippen LogP contribution >= 0.6 is 0 Å². The van der Waals surface area contributed by atoms with Gasteiger partial charge in [0.15, 0.2) is 5.82 Å². The second-order valence-corrected chi connectivity index (χ2v) is 14.4. The molecule has 9 aromatic rings. The molecule has 3 nitrogen and oxygen atoms in total. The lowest BCUT2D eigenvalue weighted by Crippen LogP contribution is -2.25. The quantitative estimate of drug-likeness (QED) is 0.179. The van der Waals surface area contributed by atoms with Gasteiger partial charge in [0.25, 0.3) is 0 Å². The zero-order valence-corrected chi connectivity index (χ0v) is 29.9. The molecule has 0 saturated carbocycles. The molecular weight excluding hydrogens is 667 g/mol. The first-order valence-electron chi connectivity index (χ1n) is 18.8. The maximum Gasteiger partial charge on any atom is 0.160 e. The summed E-state index contributed by atoms with van der Waals surface area (Å²) >= 11 is 0. The largest absolute Gasteiger partial charge is 0.264 e. The molecule has 3 heteroatoms. The van der Waals surface area contributed by atoms with E-state index in [4.69, 9.17) is 9.97 Å². The third kappa shape index (κ3) is 4.87. The van der Waals surface area contributed by atoms with Crippen LogP contribution in [0.1, 0.15) is 22.3 Å². The van der Waals surface area contributed by atoms with Gasteiger partial charge >= 0.3 is 0 Å². The van der Waals surface area contributed by atoms with E-state index in [0.29, 0.717) is 5.82 Å². The first kappa shape index (κ1) is 31.3. The fraction of sp³-hybridized carbons (Fsp3) is 0.0192. The van der Waals surface area contributed by atoms with E-state index in [9.17, 15) is 0 Å². The van der Waals surface area contributed by atoms with Crippen molar-refractivity contribution in [2.24, 2.45) is 0 Å². The summed E-state index contributed by atoms with van der Waals surface area (Å²) in [5.41, 5.74) is 19.2. The van der Waals surface area contributed by atoms with Gasteiger partial charge in [-0.25, -0.2) is 9.97 Å². The first-order chi connectivity index (χ1) is 27.3. The Morgan fingerprint density at radius 3 is 1.44 bits per heavy atom. The number of benzene rings is 7. The maximum absolute atomic E-state index is 5.37. The van der Waals surface area contributed by atoms with Crippen molar-refractivity contribution in [3.8, 4) is 78.4 Å². The first-order valence-corrected chi connectivity index (χ1v) is 18.8. The van der Waals surface area contributed by atoms with Gasteiger partial charge in [-0.2, -0.15) is 0 Å². The Hall–Kier alpha value is -7.23. The summed E-state index contributed by atoms with van der Waals surface area (Å²) in [6.07, 6.45) is 3.71. The van der Waals surface area contributed by atoms with E-state index in [2.05, 4.69) is 181 Å². The third-order valence-electron chi connectivity index (χ3n) is 11.4. The summed E-state index contributed by atoms with van der Waals surface area (Å²) in [7, 11) is 0. The highest BCUT2D eigenvalue weighted by Gasteiger charge is 2.51. The van der Waals surface area contributed by atoms with E-state index in [1.807, 2.05) is 24.5 Å². The molecule has 0 radical (unpaired) electrons. The molecule has 2 aliphatic rings. The predicted molar refractivity (Wildman–Crippen MR) is 223 cm³/mol. The monoisotopic (exact) mass is 699 g/mol. The molecule has 0 N–H and O–H groups in total. The number of aromatic nitrogens is 3. The molecule has 0 aliphatic heterocycles. The van der Waals surface area contributed by atoms with Gasteiger partial charge in [-0.3, -0.25) is 4.98 Å². The molecule has 0 unspecified atom stereocenters. The number of pyridine rings is 1. The van der Waals surface area contributed by atoms with E-state index in [1.165, 1.54) is 44.5 Å². The van der Waals surface area contributed by atoms with Crippen LogP contribution in [-0.2, 0) is 5.41 Å². The van der Waals surface area contributed by atoms with Crippen molar-refractivity contribution in [1.29, 1.82) is 0 Å². The standard InChI is InChI=1S/C52H33N3/c1-2-13-34(14-3-1)35-15-11-18-39(30-35)51-54-49(37-17-10-16-36(29-37)40-19-12-28-53-33-40)32-50(55-51)38-26-27-44-43-22-6-9-25-47(43)52(48(44)31-38)45-23-7-4-20-41(45)42-21-5-8-24-46(42)52/h1-33H. The van der Waals surface area contributed by atoms with Crippen molar-refractivity contribution >= 4 is 0 Å². The Morgan fingerprint density at radius 1 is 0.309 bits per heavy atom. The summed E-state index contributed by atoms with van der Waals surface area (Å²) in [5, 5.41) is 0. The van der Waals surface area contributed by atoms with Crippen LogP contribution in [0.3, 0.4) is 0 Å².